The van der Waals surface area contributed by atoms with E-state index in [1.165, 1.54) is 0 Å². The van der Waals surface area contributed by atoms with Crippen molar-refractivity contribution in [3.63, 3.8) is 0 Å². The van der Waals surface area contributed by atoms with Crippen LogP contribution in [0.3, 0.4) is 0 Å². The van der Waals surface area contributed by atoms with Gasteiger partial charge in [-0.15, -0.1) is 0 Å². The standard InChI is InChI=1S/C17H17N5O2/c1-11(2)19-17(23)20-14-5-3-12(4-6-14)15-21-16(24-22-15)13-7-9-18-10-8-13/h3-11H,1-2H3,(H2,19,20,23). The molecule has 2 heterocycles. The van der Waals surface area contributed by atoms with Gasteiger partial charge < -0.3 is 15.2 Å². The highest BCUT2D eigenvalue weighted by Crippen LogP contribution is 2.22. The number of pyridine rings is 1. The molecule has 0 aliphatic rings. The summed E-state index contributed by atoms with van der Waals surface area (Å²) in [5, 5.41) is 9.51. The third-order valence-corrected chi connectivity index (χ3v) is 3.17. The zero-order valence-electron chi connectivity index (χ0n) is 13.4. The fourth-order valence-electron chi connectivity index (χ4n) is 2.08. The van der Waals surface area contributed by atoms with Gasteiger partial charge in [-0.2, -0.15) is 4.98 Å². The number of carbonyl (C=O) groups is 1. The number of hydrogen-bond donors (Lipinski definition) is 2. The number of amides is 2. The van der Waals surface area contributed by atoms with E-state index in [1.54, 1.807) is 36.7 Å². The summed E-state index contributed by atoms with van der Waals surface area (Å²) in [6, 6.07) is 10.7. The van der Waals surface area contributed by atoms with Gasteiger partial charge in [0.2, 0.25) is 5.82 Å². The molecular formula is C17H17N5O2. The fraction of sp³-hybridized carbons (Fsp3) is 0.176. The summed E-state index contributed by atoms with van der Waals surface area (Å²) in [6.07, 6.45) is 3.34. The first-order valence-corrected chi connectivity index (χ1v) is 7.54. The van der Waals surface area contributed by atoms with Gasteiger partial charge in [0.05, 0.1) is 0 Å². The molecule has 0 fully saturated rings. The molecule has 0 aliphatic carbocycles. The Kier molecular flexibility index (Phi) is 4.51. The Balaban J connectivity index is 1.72. The van der Waals surface area contributed by atoms with Crippen LogP contribution in [0.15, 0.2) is 53.3 Å². The lowest BCUT2D eigenvalue weighted by Crippen LogP contribution is -2.34. The Bertz CT molecular complexity index is 813. The van der Waals surface area contributed by atoms with Gasteiger partial charge in [0.1, 0.15) is 0 Å². The average molecular weight is 323 g/mol. The quantitative estimate of drug-likeness (QED) is 0.768. The van der Waals surface area contributed by atoms with Gasteiger partial charge in [-0.25, -0.2) is 4.79 Å². The van der Waals surface area contributed by atoms with Crippen LogP contribution in [-0.2, 0) is 0 Å². The monoisotopic (exact) mass is 323 g/mol. The number of nitrogens with one attached hydrogen (secondary N) is 2. The minimum absolute atomic E-state index is 0.0789. The highest BCUT2D eigenvalue weighted by atomic mass is 16.5. The van der Waals surface area contributed by atoms with Crippen molar-refractivity contribution in [2.24, 2.45) is 0 Å². The van der Waals surface area contributed by atoms with Gasteiger partial charge in [0.15, 0.2) is 0 Å². The lowest BCUT2D eigenvalue weighted by atomic mass is 10.2. The molecule has 2 N–H and O–H groups in total. The summed E-state index contributed by atoms with van der Waals surface area (Å²) in [5.41, 5.74) is 2.30. The number of carbonyl (C=O) groups excluding carboxylic acids is 1. The van der Waals surface area contributed by atoms with Crippen molar-refractivity contribution in [3.05, 3.63) is 48.8 Å². The topological polar surface area (TPSA) is 92.9 Å². The third kappa shape index (κ3) is 3.75. The molecule has 0 aliphatic heterocycles. The Morgan fingerprint density at radius 3 is 2.42 bits per heavy atom. The largest absolute Gasteiger partial charge is 0.336 e. The highest BCUT2D eigenvalue weighted by molar-refractivity contribution is 5.89. The summed E-state index contributed by atoms with van der Waals surface area (Å²) < 4.78 is 5.28. The van der Waals surface area contributed by atoms with Gasteiger partial charge in [-0.3, -0.25) is 4.98 Å². The Morgan fingerprint density at radius 2 is 1.75 bits per heavy atom. The summed E-state index contributed by atoms with van der Waals surface area (Å²) in [5.74, 6) is 0.922. The Labute approximate surface area is 139 Å². The second-order valence-electron chi connectivity index (χ2n) is 5.49. The van der Waals surface area contributed by atoms with Crippen molar-refractivity contribution in [2.45, 2.75) is 19.9 Å². The third-order valence-electron chi connectivity index (χ3n) is 3.17. The molecule has 122 valence electrons. The molecule has 1 aromatic carbocycles. The molecule has 0 radical (unpaired) electrons. The number of urea groups is 1. The zero-order chi connectivity index (χ0) is 16.9. The van der Waals surface area contributed by atoms with Gasteiger partial charge in [0, 0.05) is 35.2 Å². The van der Waals surface area contributed by atoms with E-state index in [-0.39, 0.29) is 12.1 Å². The predicted octanol–water partition coefficient (Wildman–Crippen LogP) is 3.33. The van der Waals surface area contributed by atoms with Crippen LogP contribution in [0.2, 0.25) is 0 Å². The molecule has 2 aromatic heterocycles. The van der Waals surface area contributed by atoms with Crippen molar-refractivity contribution in [1.82, 2.24) is 20.4 Å². The van der Waals surface area contributed by atoms with Gasteiger partial charge in [-0.1, -0.05) is 5.16 Å². The smallest absolute Gasteiger partial charge is 0.319 e. The molecule has 0 saturated carbocycles. The van der Waals surface area contributed by atoms with E-state index in [1.807, 2.05) is 26.0 Å². The van der Waals surface area contributed by atoms with Crippen molar-refractivity contribution < 1.29 is 9.32 Å². The SMILES string of the molecule is CC(C)NC(=O)Nc1ccc(-c2noc(-c3ccncc3)n2)cc1. The van der Waals surface area contributed by atoms with Gasteiger partial charge in [-0.05, 0) is 50.2 Å². The van der Waals surface area contributed by atoms with Crippen LogP contribution in [0.25, 0.3) is 22.8 Å². The lowest BCUT2D eigenvalue weighted by molar-refractivity contribution is 0.250. The zero-order valence-corrected chi connectivity index (χ0v) is 13.4. The van der Waals surface area contributed by atoms with E-state index in [9.17, 15) is 4.79 Å². The van der Waals surface area contributed by atoms with E-state index >= 15 is 0 Å². The Morgan fingerprint density at radius 1 is 1.04 bits per heavy atom. The normalized spacial score (nSPS) is 10.6. The number of aromatic nitrogens is 3. The van der Waals surface area contributed by atoms with E-state index < -0.39 is 0 Å². The van der Waals surface area contributed by atoms with Crippen molar-refractivity contribution >= 4 is 11.7 Å². The number of rotatable bonds is 4. The van der Waals surface area contributed by atoms with Crippen LogP contribution >= 0.6 is 0 Å². The van der Waals surface area contributed by atoms with E-state index in [0.717, 1.165) is 11.1 Å². The lowest BCUT2D eigenvalue weighted by Gasteiger charge is -2.10. The second kappa shape index (κ2) is 6.91. The van der Waals surface area contributed by atoms with E-state index in [4.69, 9.17) is 4.52 Å². The molecule has 0 spiro atoms. The molecule has 3 rings (SSSR count). The molecular weight excluding hydrogens is 306 g/mol. The van der Waals surface area contributed by atoms with Crippen LogP contribution in [0.1, 0.15) is 13.8 Å². The number of nitrogens with zero attached hydrogens (tertiary/aromatic N) is 3. The molecule has 2 amide bonds. The number of benzene rings is 1. The number of anilines is 1. The van der Waals surface area contributed by atoms with Crippen LogP contribution in [0.4, 0.5) is 10.5 Å². The first-order valence-electron chi connectivity index (χ1n) is 7.54. The van der Waals surface area contributed by atoms with Crippen molar-refractivity contribution in [3.8, 4) is 22.8 Å². The predicted molar refractivity (Wildman–Crippen MR) is 90.3 cm³/mol. The molecule has 7 nitrogen and oxygen atoms in total. The summed E-state index contributed by atoms with van der Waals surface area (Å²) in [7, 11) is 0. The number of hydrogen-bond acceptors (Lipinski definition) is 5. The van der Waals surface area contributed by atoms with Crippen molar-refractivity contribution in [1.29, 1.82) is 0 Å². The molecule has 0 saturated heterocycles. The minimum atomic E-state index is -0.239. The van der Waals surface area contributed by atoms with Crippen molar-refractivity contribution in [2.75, 3.05) is 5.32 Å². The minimum Gasteiger partial charge on any atom is -0.336 e. The molecule has 0 unspecified atom stereocenters. The Hall–Kier alpha value is -3.22. The van der Waals surface area contributed by atoms with Crippen LogP contribution < -0.4 is 10.6 Å². The van der Waals surface area contributed by atoms with Crippen LogP contribution in [0, 0.1) is 0 Å². The van der Waals surface area contributed by atoms with E-state index in [2.05, 4.69) is 25.8 Å². The first-order chi connectivity index (χ1) is 11.6. The molecule has 0 atom stereocenters. The average Bonchev–Trinajstić information content (AvgIpc) is 3.05. The maximum absolute atomic E-state index is 11.7. The molecule has 3 aromatic rings. The van der Waals surface area contributed by atoms with Crippen LogP contribution in [-0.4, -0.2) is 27.2 Å². The van der Waals surface area contributed by atoms with E-state index in [0.29, 0.717) is 17.4 Å². The second-order valence-corrected chi connectivity index (χ2v) is 5.49. The van der Waals surface area contributed by atoms with Crippen LogP contribution in [0.5, 0.6) is 0 Å². The fourth-order valence-corrected chi connectivity index (χ4v) is 2.08. The van der Waals surface area contributed by atoms with Gasteiger partial charge in [0.25, 0.3) is 5.89 Å². The maximum Gasteiger partial charge on any atom is 0.319 e. The molecule has 0 bridgehead atoms. The summed E-state index contributed by atoms with van der Waals surface area (Å²) >= 11 is 0. The highest BCUT2D eigenvalue weighted by Gasteiger charge is 2.10. The summed E-state index contributed by atoms with van der Waals surface area (Å²) in [4.78, 5) is 20.0. The molecule has 24 heavy (non-hydrogen) atoms. The summed E-state index contributed by atoms with van der Waals surface area (Å²) in [6.45, 7) is 3.80. The molecule has 7 heteroatoms. The first kappa shape index (κ1) is 15.7. The maximum atomic E-state index is 11.7. The van der Waals surface area contributed by atoms with Gasteiger partial charge >= 0.3 is 6.03 Å².